The summed E-state index contributed by atoms with van der Waals surface area (Å²) in [6, 6.07) is 11.5. The maximum Gasteiger partial charge on any atom is 0.258 e. The molecule has 25 heavy (non-hydrogen) atoms. The van der Waals surface area contributed by atoms with Crippen molar-refractivity contribution >= 4 is 33.2 Å². The van der Waals surface area contributed by atoms with E-state index in [0.29, 0.717) is 24.6 Å². The number of halogens is 1. The van der Waals surface area contributed by atoms with E-state index in [-0.39, 0.29) is 21.4 Å². The number of amides is 1. The predicted molar refractivity (Wildman–Crippen MR) is 95.9 cm³/mol. The number of hydrogen-bond donors (Lipinski definition) is 0. The Morgan fingerprint density at radius 2 is 1.92 bits per heavy atom. The van der Waals surface area contributed by atoms with E-state index in [4.69, 9.17) is 16.3 Å². The van der Waals surface area contributed by atoms with Crippen LogP contribution in [-0.2, 0) is 10.0 Å². The van der Waals surface area contributed by atoms with E-state index in [1.807, 2.05) is 12.1 Å². The van der Waals surface area contributed by atoms with Gasteiger partial charge in [0.05, 0.1) is 17.3 Å². The standard InChI is InChI=1S/C17H17ClN2O4S/c1-19(2)25(22,23)16-11-12(7-8-13(16)18)17(21)20-9-10-24-15-6-4-3-5-14(15)20/h3-8,11H,9-10H2,1-2H3. The molecule has 1 amide bonds. The largest absolute Gasteiger partial charge is 0.490 e. The molecule has 1 heterocycles. The second-order valence-corrected chi connectivity index (χ2v) is 8.23. The summed E-state index contributed by atoms with van der Waals surface area (Å²) in [5.74, 6) is 0.319. The Hall–Kier alpha value is -2.09. The molecule has 0 bridgehead atoms. The average molecular weight is 381 g/mol. The van der Waals surface area contributed by atoms with Gasteiger partial charge in [-0.1, -0.05) is 23.7 Å². The number of fused-ring (bicyclic) bond motifs is 1. The number of nitrogens with zero attached hydrogens (tertiary/aromatic N) is 2. The van der Waals surface area contributed by atoms with Crippen LogP contribution in [0.4, 0.5) is 5.69 Å². The molecular weight excluding hydrogens is 364 g/mol. The second-order valence-electron chi connectivity index (χ2n) is 5.71. The summed E-state index contributed by atoms with van der Waals surface area (Å²) < 4.78 is 31.4. The van der Waals surface area contributed by atoms with Gasteiger partial charge in [-0.05, 0) is 30.3 Å². The summed E-state index contributed by atoms with van der Waals surface area (Å²) in [4.78, 5) is 14.4. The summed E-state index contributed by atoms with van der Waals surface area (Å²) in [6.07, 6.45) is 0. The normalized spacial score (nSPS) is 14.2. The smallest absolute Gasteiger partial charge is 0.258 e. The Morgan fingerprint density at radius 1 is 1.20 bits per heavy atom. The minimum atomic E-state index is -3.75. The highest BCUT2D eigenvalue weighted by Crippen LogP contribution is 2.33. The van der Waals surface area contributed by atoms with Gasteiger partial charge >= 0.3 is 0 Å². The quantitative estimate of drug-likeness (QED) is 0.821. The summed E-state index contributed by atoms with van der Waals surface area (Å²) in [7, 11) is -0.919. The Balaban J connectivity index is 2.03. The van der Waals surface area contributed by atoms with Crippen molar-refractivity contribution < 1.29 is 17.9 Å². The first kappa shape index (κ1) is 17.7. The summed E-state index contributed by atoms with van der Waals surface area (Å²) in [5, 5.41) is 0.0765. The van der Waals surface area contributed by atoms with Crippen LogP contribution >= 0.6 is 11.6 Å². The van der Waals surface area contributed by atoms with Crippen LogP contribution in [0.1, 0.15) is 10.4 Å². The lowest BCUT2D eigenvalue weighted by Gasteiger charge is -2.29. The topological polar surface area (TPSA) is 66.9 Å². The van der Waals surface area contributed by atoms with Gasteiger partial charge in [-0.25, -0.2) is 12.7 Å². The molecule has 3 rings (SSSR count). The van der Waals surface area contributed by atoms with Crippen LogP contribution in [0.3, 0.4) is 0 Å². The van der Waals surface area contributed by atoms with E-state index in [1.165, 1.54) is 32.3 Å². The van der Waals surface area contributed by atoms with Crippen molar-refractivity contribution in [1.29, 1.82) is 0 Å². The van der Waals surface area contributed by atoms with E-state index in [0.717, 1.165) is 4.31 Å². The number of rotatable bonds is 3. The van der Waals surface area contributed by atoms with Crippen LogP contribution in [0.2, 0.25) is 5.02 Å². The summed E-state index contributed by atoms with van der Waals surface area (Å²) >= 11 is 6.05. The number of ether oxygens (including phenoxy) is 1. The van der Waals surface area contributed by atoms with E-state index in [2.05, 4.69) is 0 Å². The van der Waals surface area contributed by atoms with E-state index in [1.54, 1.807) is 17.0 Å². The highest BCUT2D eigenvalue weighted by Gasteiger charge is 2.27. The summed E-state index contributed by atoms with van der Waals surface area (Å²) in [5.41, 5.74) is 0.909. The molecule has 0 saturated heterocycles. The molecule has 8 heteroatoms. The van der Waals surface area contributed by atoms with Crippen LogP contribution in [0, 0.1) is 0 Å². The molecule has 0 unspecified atom stereocenters. The molecular formula is C17H17ClN2O4S. The number of benzene rings is 2. The minimum absolute atomic E-state index is 0.0765. The number of anilines is 1. The SMILES string of the molecule is CN(C)S(=O)(=O)c1cc(C(=O)N2CCOc3ccccc32)ccc1Cl. The molecule has 0 aliphatic carbocycles. The molecule has 2 aromatic rings. The van der Waals surface area contributed by atoms with Gasteiger partial charge in [0.2, 0.25) is 10.0 Å². The highest BCUT2D eigenvalue weighted by molar-refractivity contribution is 7.89. The molecule has 0 saturated carbocycles. The van der Waals surface area contributed by atoms with E-state index >= 15 is 0 Å². The van der Waals surface area contributed by atoms with Gasteiger partial charge in [-0.15, -0.1) is 0 Å². The Bertz CT molecular complexity index is 928. The fraction of sp³-hybridized carbons (Fsp3) is 0.235. The zero-order valence-corrected chi connectivity index (χ0v) is 15.3. The van der Waals surface area contributed by atoms with Crippen molar-refractivity contribution in [3.8, 4) is 5.75 Å². The molecule has 1 aliphatic rings. The van der Waals surface area contributed by atoms with Crippen LogP contribution in [0.15, 0.2) is 47.4 Å². The maximum absolute atomic E-state index is 12.9. The van der Waals surface area contributed by atoms with Gasteiger partial charge in [0.25, 0.3) is 5.91 Å². The maximum atomic E-state index is 12.9. The van der Waals surface area contributed by atoms with Gasteiger partial charge in [-0.3, -0.25) is 4.79 Å². The third-order valence-electron chi connectivity index (χ3n) is 3.91. The first-order valence-electron chi connectivity index (χ1n) is 7.58. The zero-order valence-electron chi connectivity index (χ0n) is 13.8. The fourth-order valence-electron chi connectivity index (χ4n) is 2.57. The fourth-order valence-corrected chi connectivity index (χ4v) is 3.96. The van der Waals surface area contributed by atoms with Gasteiger partial charge in [0.15, 0.2) is 0 Å². The lowest BCUT2D eigenvalue weighted by atomic mass is 10.1. The summed E-state index contributed by atoms with van der Waals surface area (Å²) in [6.45, 7) is 0.757. The molecule has 0 fully saturated rings. The van der Waals surface area contributed by atoms with E-state index in [9.17, 15) is 13.2 Å². The van der Waals surface area contributed by atoms with Crippen LogP contribution in [0.5, 0.6) is 5.75 Å². The third kappa shape index (κ3) is 3.22. The molecule has 0 spiro atoms. The lowest BCUT2D eigenvalue weighted by molar-refractivity contribution is 0.0976. The molecule has 0 N–H and O–H groups in total. The zero-order chi connectivity index (χ0) is 18.2. The van der Waals surface area contributed by atoms with E-state index < -0.39 is 10.0 Å². The van der Waals surface area contributed by atoms with Crippen LogP contribution in [-0.4, -0.2) is 45.9 Å². The molecule has 0 aromatic heterocycles. The number of carbonyl (C=O) groups excluding carboxylic acids is 1. The lowest BCUT2D eigenvalue weighted by Crippen LogP contribution is -2.38. The van der Waals surface area contributed by atoms with Gasteiger partial charge in [0.1, 0.15) is 17.3 Å². The number of sulfonamides is 1. The van der Waals surface area contributed by atoms with Crippen LogP contribution in [0.25, 0.3) is 0 Å². The van der Waals surface area contributed by atoms with Crippen molar-refractivity contribution in [2.24, 2.45) is 0 Å². The van der Waals surface area contributed by atoms with Crippen molar-refractivity contribution in [2.45, 2.75) is 4.90 Å². The molecule has 0 radical (unpaired) electrons. The minimum Gasteiger partial charge on any atom is -0.490 e. The predicted octanol–water partition coefficient (Wildman–Crippen LogP) is 2.63. The van der Waals surface area contributed by atoms with Crippen LogP contribution < -0.4 is 9.64 Å². The van der Waals surface area contributed by atoms with Gasteiger partial charge < -0.3 is 9.64 Å². The Labute approximate surface area is 151 Å². The van der Waals surface area contributed by atoms with Crippen molar-refractivity contribution in [2.75, 3.05) is 32.1 Å². The Kier molecular flexibility index (Phi) is 4.73. The van der Waals surface area contributed by atoms with Crippen molar-refractivity contribution in [3.05, 3.63) is 53.1 Å². The number of hydrogen-bond acceptors (Lipinski definition) is 4. The third-order valence-corrected chi connectivity index (χ3v) is 6.21. The number of para-hydroxylation sites is 2. The Morgan fingerprint density at radius 3 is 2.64 bits per heavy atom. The van der Waals surface area contributed by atoms with Gasteiger partial charge in [0, 0.05) is 19.7 Å². The van der Waals surface area contributed by atoms with Crippen molar-refractivity contribution in [3.63, 3.8) is 0 Å². The first-order valence-corrected chi connectivity index (χ1v) is 9.40. The molecule has 6 nitrogen and oxygen atoms in total. The molecule has 0 atom stereocenters. The first-order chi connectivity index (χ1) is 11.8. The van der Waals surface area contributed by atoms with Crippen molar-refractivity contribution in [1.82, 2.24) is 4.31 Å². The number of carbonyl (C=O) groups is 1. The molecule has 132 valence electrons. The highest BCUT2D eigenvalue weighted by atomic mass is 35.5. The van der Waals surface area contributed by atoms with Gasteiger partial charge in [-0.2, -0.15) is 0 Å². The second kappa shape index (κ2) is 6.67. The molecule has 1 aliphatic heterocycles. The monoisotopic (exact) mass is 380 g/mol. The average Bonchev–Trinajstić information content (AvgIpc) is 2.60. The molecule has 2 aromatic carbocycles.